The maximum absolute atomic E-state index is 13.6. The van der Waals surface area contributed by atoms with Crippen molar-refractivity contribution in [3.63, 3.8) is 0 Å². The molecule has 0 amide bonds. The van der Waals surface area contributed by atoms with Gasteiger partial charge in [-0.3, -0.25) is 4.79 Å². The van der Waals surface area contributed by atoms with E-state index < -0.39 is 54.1 Å². The topological polar surface area (TPSA) is 196 Å². The van der Waals surface area contributed by atoms with Crippen LogP contribution in [0.1, 0.15) is 5.56 Å². The Labute approximate surface area is 231 Å². The molecule has 12 nitrogen and oxygen atoms in total. The molecule has 41 heavy (non-hydrogen) atoms. The van der Waals surface area contributed by atoms with Crippen LogP contribution in [0, 0.1) is 0 Å². The second kappa shape index (κ2) is 11.2. The fraction of sp³-hybridized carbons (Fsp3) is 0.172. The fourth-order valence-corrected chi connectivity index (χ4v) is 4.29. The normalized spacial score (nSPS) is 20.4. The van der Waals surface area contributed by atoms with Gasteiger partial charge in [-0.05, 0) is 48.0 Å². The number of benzene rings is 3. The molecular weight excluding hydrogens is 540 g/mol. The quantitative estimate of drug-likeness (QED) is 0.142. The van der Waals surface area contributed by atoms with Crippen LogP contribution >= 0.6 is 0 Å². The smallest absolute Gasteiger partial charge is 0.331 e. The fourth-order valence-electron chi connectivity index (χ4n) is 4.29. The zero-order valence-corrected chi connectivity index (χ0v) is 21.1. The third-order valence-electron chi connectivity index (χ3n) is 6.31. The minimum absolute atomic E-state index is 0.0425. The molecule has 212 valence electrons. The number of carbonyl (C=O) groups is 1. The highest BCUT2D eigenvalue weighted by atomic mass is 16.7. The van der Waals surface area contributed by atoms with E-state index in [-0.39, 0.29) is 39.5 Å². The molecule has 6 N–H and O–H groups in total. The lowest BCUT2D eigenvalue weighted by Gasteiger charge is -2.22. The number of phenolic OH excluding ortho intramolecular Hbond substituents is 4. The maximum atomic E-state index is 13.6. The minimum Gasteiger partial charge on any atom is -0.508 e. The number of ether oxygens (including phenoxy) is 3. The number of carbonyl (C=O) groups excluding carboxylic acids is 1. The Balaban J connectivity index is 1.52. The summed E-state index contributed by atoms with van der Waals surface area (Å²) >= 11 is 0. The molecule has 1 aliphatic rings. The average Bonchev–Trinajstić information content (AvgIpc) is 3.23. The van der Waals surface area contributed by atoms with E-state index in [1.807, 2.05) is 0 Å². The number of phenols is 4. The van der Waals surface area contributed by atoms with Crippen LogP contribution in [0.4, 0.5) is 0 Å². The highest BCUT2D eigenvalue weighted by Crippen LogP contribution is 2.38. The predicted octanol–water partition coefficient (Wildman–Crippen LogP) is 2.36. The summed E-state index contributed by atoms with van der Waals surface area (Å²) in [6, 6.07) is 13.5. The molecule has 1 fully saturated rings. The molecule has 2 heterocycles. The van der Waals surface area contributed by atoms with Gasteiger partial charge in [0.2, 0.25) is 17.5 Å². The Bertz CT molecular complexity index is 1660. The molecule has 1 aliphatic heterocycles. The zero-order valence-electron chi connectivity index (χ0n) is 21.1. The summed E-state index contributed by atoms with van der Waals surface area (Å²) in [7, 11) is 0. The lowest BCUT2D eigenvalue weighted by Crippen LogP contribution is -2.40. The summed E-state index contributed by atoms with van der Waals surface area (Å²) in [5.41, 5.74) is -0.232. The first-order chi connectivity index (χ1) is 19.6. The van der Waals surface area contributed by atoms with E-state index in [0.29, 0.717) is 5.56 Å². The van der Waals surface area contributed by atoms with Crippen molar-refractivity contribution in [2.75, 3.05) is 6.61 Å². The van der Waals surface area contributed by atoms with Crippen LogP contribution in [0.15, 0.2) is 76.0 Å². The standard InChI is InChI=1S/C29H24O12/c30-13-21-24(36)28(40-22(35)10-3-14-1-6-16(31)7-2-14)29(39-21)41-27-25(37)23-19(34)11-18(33)12-20(23)38-26(27)15-4-8-17(32)9-5-15/h1-12,21,24,28-34,36H,13H2/t21-,24+,28+,29+/m1/s1. The van der Waals surface area contributed by atoms with Crippen molar-refractivity contribution in [2.45, 2.75) is 24.6 Å². The van der Waals surface area contributed by atoms with Crippen LogP contribution in [-0.4, -0.2) is 67.8 Å². The summed E-state index contributed by atoms with van der Waals surface area (Å²) in [5, 5.41) is 59.5. The number of aromatic hydroxyl groups is 4. The van der Waals surface area contributed by atoms with Crippen LogP contribution in [0.25, 0.3) is 28.4 Å². The summed E-state index contributed by atoms with van der Waals surface area (Å²) in [6.45, 7) is -0.671. The largest absolute Gasteiger partial charge is 0.508 e. The predicted molar refractivity (Wildman–Crippen MR) is 142 cm³/mol. The molecule has 0 aliphatic carbocycles. The van der Waals surface area contributed by atoms with Crippen molar-refractivity contribution in [3.05, 3.63) is 82.5 Å². The number of hydrogen-bond acceptors (Lipinski definition) is 12. The molecule has 0 unspecified atom stereocenters. The third kappa shape index (κ3) is 5.65. The minimum atomic E-state index is -1.61. The molecule has 3 aromatic carbocycles. The lowest BCUT2D eigenvalue weighted by atomic mass is 10.1. The Hall–Kier alpha value is -5.04. The molecule has 0 radical (unpaired) electrons. The van der Waals surface area contributed by atoms with E-state index in [0.717, 1.165) is 18.2 Å². The number of esters is 1. The molecule has 5 rings (SSSR count). The number of aliphatic hydroxyl groups excluding tert-OH is 2. The summed E-state index contributed by atoms with van der Waals surface area (Å²) in [4.78, 5) is 26.2. The van der Waals surface area contributed by atoms with Crippen molar-refractivity contribution < 1.29 is 54.1 Å². The van der Waals surface area contributed by atoms with E-state index in [9.17, 15) is 40.2 Å². The van der Waals surface area contributed by atoms with E-state index in [1.54, 1.807) is 12.1 Å². The first-order valence-electron chi connectivity index (χ1n) is 12.3. The SMILES string of the molecule is O=C(C=Cc1ccc(O)cc1)O[C@@H]1[C@H](Oc2c(-c3ccc(O)cc3)oc3cc(O)cc(O)c3c2=O)O[C@H](CO)[C@@H]1O. The van der Waals surface area contributed by atoms with Gasteiger partial charge in [0, 0.05) is 23.8 Å². The molecule has 0 bridgehead atoms. The van der Waals surface area contributed by atoms with Gasteiger partial charge in [0.15, 0.2) is 11.9 Å². The van der Waals surface area contributed by atoms with E-state index >= 15 is 0 Å². The zero-order chi connectivity index (χ0) is 29.3. The molecule has 0 saturated carbocycles. The van der Waals surface area contributed by atoms with Crippen molar-refractivity contribution >= 4 is 23.0 Å². The first kappa shape index (κ1) is 27.5. The second-order valence-electron chi connectivity index (χ2n) is 9.13. The maximum Gasteiger partial charge on any atom is 0.331 e. The van der Waals surface area contributed by atoms with E-state index in [4.69, 9.17) is 18.6 Å². The number of hydrogen-bond donors (Lipinski definition) is 6. The molecule has 4 atom stereocenters. The van der Waals surface area contributed by atoms with Crippen molar-refractivity contribution in [3.8, 4) is 40.1 Å². The Morgan fingerprint density at radius 3 is 2.24 bits per heavy atom. The van der Waals surface area contributed by atoms with Crippen LogP contribution < -0.4 is 10.2 Å². The number of aliphatic hydroxyl groups is 2. The molecule has 4 aromatic rings. The van der Waals surface area contributed by atoms with Crippen molar-refractivity contribution in [2.24, 2.45) is 0 Å². The lowest BCUT2D eigenvalue weighted by molar-refractivity contribution is -0.162. The van der Waals surface area contributed by atoms with Crippen LogP contribution in [0.3, 0.4) is 0 Å². The van der Waals surface area contributed by atoms with Gasteiger partial charge in [0.1, 0.15) is 46.2 Å². The van der Waals surface area contributed by atoms with E-state index in [1.165, 1.54) is 42.5 Å². The first-order valence-corrected chi connectivity index (χ1v) is 12.3. The molecule has 12 heteroatoms. The van der Waals surface area contributed by atoms with Gasteiger partial charge < -0.3 is 49.3 Å². The molecule has 0 spiro atoms. The van der Waals surface area contributed by atoms with Gasteiger partial charge in [-0.1, -0.05) is 12.1 Å². The van der Waals surface area contributed by atoms with Crippen LogP contribution in [0.5, 0.6) is 28.7 Å². The van der Waals surface area contributed by atoms with Gasteiger partial charge in [0.05, 0.1) is 6.61 Å². The average molecular weight is 564 g/mol. The van der Waals surface area contributed by atoms with Gasteiger partial charge in [0.25, 0.3) is 0 Å². The molecular formula is C29H24O12. The second-order valence-corrected chi connectivity index (χ2v) is 9.13. The summed E-state index contributed by atoms with van der Waals surface area (Å²) in [5.74, 6) is -2.59. The Morgan fingerprint density at radius 1 is 0.927 bits per heavy atom. The van der Waals surface area contributed by atoms with Crippen molar-refractivity contribution in [1.29, 1.82) is 0 Å². The molecule has 1 saturated heterocycles. The summed E-state index contributed by atoms with van der Waals surface area (Å²) < 4.78 is 22.6. The number of fused-ring (bicyclic) bond motifs is 1. The molecule has 1 aromatic heterocycles. The van der Waals surface area contributed by atoms with Crippen LogP contribution in [-0.2, 0) is 14.3 Å². The monoisotopic (exact) mass is 564 g/mol. The third-order valence-corrected chi connectivity index (χ3v) is 6.31. The Kier molecular flexibility index (Phi) is 7.53. The van der Waals surface area contributed by atoms with Gasteiger partial charge in [-0.25, -0.2) is 4.79 Å². The van der Waals surface area contributed by atoms with E-state index in [2.05, 4.69) is 0 Å². The van der Waals surface area contributed by atoms with Gasteiger partial charge in [-0.2, -0.15) is 0 Å². The Morgan fingerprint density at radius 2 is 1.59 bits per heavy atom. The van der Waals surface area contributed by atoms with Gasteiger partial charge in [-0.15, -0.1) is 0 Å². The van der Waals surface area contributed by atoms with Crippen LogP contribution in [0.2, 0.25) is 0 Å². The van der Waals surface area contributed by atoms with Gasteiger partial charge >= 0.3 is 5.97 Å². The van der Waals surface area contributed by atoms with Crippen molar-refractivity contribution in [1.82, 2.24) is 0 Å². The summed E-state index contributed by atoms with van der Waals surface area (Å²) in [6.07, 6.45) is -3.44. The number of rotatable bonds is 7. The highest BCUT2D eigenvalue weighted by molar-refractivity contribution is 5.88. The highest BCUT2D eigenvalue weighted by Gasteiger charge is 2.48.